The fourth-order valence-corrected chi connectivity index (χ4v) is 4.61. The molecule has 4 aromatic carbocycles. The molecule has 0 fully saturated rings. The minimum atomic E-state index is -0.451. The van der Waals surface area contributed by atoms with Gasteiger partial charge in [0.2, 0.25) is 0 Å². The van der Waals surface area contributed by atoms with Gasteiger partial charge in [-0.25, -0.2) is 0 Å². The van der Waals surface area contributed by atoms with E-state index in [0.717, 1.165) is 33.2 Å². The largest absolute Gasteiger partial charge is 0.460 e. The number of benzene rings is 4. The zero-order chi connectivity index (χ0) is 24.6. The Hall–Kier alpha value is -4.15. The van der Waals surface area contributed by atoms with Gasteiger partial charge in [0.1, 0.15) is 12.6 Å². The summed E-state index contributed by atoms with van der Waals surface area (Å²) in [5.41, 5.74) is 5.48. The van der Waals surface area contributed by atoms with Crippen LogP contribution in [0.5, 0.6) is 0 Å². The van der Waals surface area contributed by atoms with Crippen molar-refractivity contribution in [2.24, 2.45) is 0 Å². The minimum absolute atomic E-state index is 0.212. The van der Waals surface area contributed by atoms with Gasteiger partial charge in [0.15, 0.2) is 0 Å². The van der Waals surface area contributed by atoms with Crippen molar-refractivity contribution in [3.63, 3.8) is 0 Å². The van der Waals surface area contributed by atoms with Gasteiger partial charge in [-0.15, -0.1) is 0 Å². The van der Waals surface area contributed by atoms with Gasteiger partial charge in [-0.05, 0) is 28.3 Å². The lowest BCUT2D eigenvalue weighted by Gasteiger charge is -2.30. The maximum absolute atomic E-state index is 13.7. The van der Waals surface area contributed by atoms with E-state index in [-0.39, 0.29) is 12.6 Å². The Balaban J connectivity index is 1.47. The molecule has 4 heteroatoms. The van der Waals surface area contributed by atoms with Gasteiger partial charge in [-0.3, -0.25) is 9.69 Å². The van der Waals surface area contributed by atoms with E-state index < -0.39 is 6.04 Å². The first-order valence-corrected chi connectivity index (χ1v) is 12.3. The second kappa shape index (κ2) is 11.5. The molecule has 0 unspecified atom stereocenters. The van der Waals surface area contributed by atoms with Crippen molar-refractivity contribution < 1.29 is 9.53 Å². The molecule has 36 heavy (non-hydrogen) atoms. The molecule has 0 saturated carbocycles. The summed E-state index contributed by atoms with van der Waals surface area (Å²) in [6.07, 6.45) is 2.57. The number of hydrogen-bond acceptors (Lipinski definition) is 3. The topological polar surface area (TPSA) is 45.3 Å². The summed E-state index contributed by atoms with van der Waals surface area (Å²) >= 11 is 0. The number of nitrogens with one attached hydrogen (secondary N) is 1. The Morgan fingerprint density at radius 2 is 1.22 bits per heavy atom. The van der Waals surface area contributed by atoms with Crippen molar-refractivity contribution in [1.29, 1.82) is 0 Å². The summed E-state index contributed by atoms with van der Waals surface area (Å²) in [5, 5.41) is 1.14. The van der Waals surface area contributed by atoms with Crippen molar-refractivity contribution >= 4 is 16.9 Å². The molecule has 5 rings (SSSR count). The van der Waals surface area contributed by atoms with E-state index in [9.17, 15) is 4.79 Å². The predicted octanol–water partition coefficient (Wildman–Crippen LogP) is 6.52. The third-order valence-corrected chi connectivity index (χ3v) is 6.48. The zero-order valence-electron chi connectivity index (χ0n) is 20.2. The molecular formula is C32H30N2O2. The van der Waals surface area contributed by atoms with E-state index in [0.29, 0.717) is 19.5 Å². The second-order valence-electron chi connectivity index (χ2n) is 9.05. The molecule has 180 valence electrons. The van der Waals surface area contributed by atoms with Crippen molar-refractivity contribution in [1.82, 2.24) is 9.88 Å². The van der Waals surface area contributed by atoms with E-state index in [1.165, 1.54) is 0 Å². The number of aromatic amines is 1. The molecule has 1 heterocycles. The van der Waals surface area contributed by atoms with Crippen LogP contribution in [0.15, 0.2) is 121 Å². The van der Waals surface area contributed by atoms with E-state index in [1.54, 1.807) is 0 Å². The van der Waals surface area contributed by atoms with Crippen LogP contribution in [0, 0.1) is 0 Å². The first kappa shape index (κ1) is 23.6. The second-order valence-corrected chi connectivity index (χ2v) is 9.05. The number of carbonyl (C=O) groups excluding carboxylic acids is 1. The number of ether oxygens (including phenoxy) is 1. The first-order valence-electron chi connectivity index (χ1n) is 12.3. The standard InChI is InChI=1S/C32H30N2O2/c35-32(36-24-27-16-8-3-9-17-27)31(20-28-21-33-30-19-11-10-18-29(28)30)34(22-25-12-4-1-5-13-25)23-26-14-6-2-7-15-26/h1-19,21,31,33H,20,22-24H2/t31-/m0/s1. The average Bonchev–Trinajstić information content (AvgIpc) is 3.35. The van der Waals surface area contributed by atoms with Crippen LogP contribution in [-0.4, -0.2) is 21.9 Å². The van der Waals surface area contributed by atoms with Gasteiger partial charge >= 0.3 is 5.97 Å². The number of H-pyrrole nitrogens is 1. The van der Waals surface area contributed by atoms with Crippen LogP contribution in [0.3, 0.4) is 0 Å². The highest BCUT2D eigenvalue weighted by atomic mass is 16.5. The molecule has 1 atom stereocenters. The molecule has 0 bridgehead atoms. The van der Waals surface area contributed by atoms with Crippen LogP contribution in [0.1, 0.15) is 22.3 Å². The van der Waals surface area contributed by atoms with Gasteiger partial charge in [0.25, 0.3) is 0 Å². The summed E-state index contributed by atoms with van der Waals surface area (Å²) in [4.78, 5) is 19.3. The molecule has 1 N–H and O–H groups in total. The van der Waals surface area contributed by atoms with E-state index in [1.807, 2.05) is 85.1 Å². The molecule has 1 aromatic heterocycles. The van der Waals surface area contributed by atoms with Crippen molar-refractivity contribution in [2.45, 2.75) is 32.2 Å². The van der Waals surface area contributed by atoms with Crippen LogP contribution in [0.4, 0.5) is 0 Å². The lowest BCUT2D eigenvalue weighted by Crippen LogP contribution is -2.43. The predicted molar refractivity (Wildman–Crippen MR) is 144 cm³/mol. The first-order chi connectivity index (χ1) is 17.8. The van der Waals surface area contributed by atoms with Crippen LogP contribution in [0.2, 0.25) is 0 Å². The number of fused-ring (bicyclic) bond motifs is 1. The van der Waals surface area contributed by atoms with Crippen LogP contribution in [0.25, 0.3) is 10.9 Å². The number of rotatable bonds is 10. The molecule has 0 aliphatic heterocycles. The quantitative estimate of drug-likeness (QED) is 0.234. The number of aromatic nitrogens is 1. The Kier molecular flexibility index (Phi) is 7.55. The van der Waals surface area contributed by atoms with Gasteiger partial charge in [-0.1, -0.05) is 109 Å². The van der Waals surface area contributed by atoms with Gasteiger partial charge in [0, 0.05) is 36.6 Å². The summed E-state index contributed by atoms with van der Waals surface area (Å²) < 4.78 is 5.92. The van der Waals surface area contributed by atoms with E-state index in [2.05, 4.69) is 46.3 Å². The Morgan fingerprint density at radius 1 is 0.694 bits per heavy atom. The minimum Gasteiger partial charge on any atom is -0.460 e. The van der Waals surface area contributed by atoms with Gasteiger partial charge in [0.05, 0.1) is 0 Å². The summed E-state index contributed by atoms with van der Waals surface area (Å²) in [7, 11) is 0. The maximum atomic E-state index is 13.7. The maximum Gasteiger partial charge on any atom is 0.324 e. The van der Waals surface area contributed by atoms with Crippen LogP contribution < -0.4 is 0 Å². The molecule has 5 aromatic rings. The summed E-state index contributed by atoms with van der Waals surface area (Å²) in [6, 6.07) is 38.2. The molecule has 0 aliphatic rings. The Bertz CT molecular complexity index is 1340. The van der Waals surface area contributed by atoms with Crippen molar-refractivity contribution in [2.75, 3.05) is 0 Å². The normalized spacial score (nSPS) is 12.0. The number of hydrogen-bond donors (Lipinski definition) is 1. The van der Waals surface area contributed by atoms with Crippen LogP contribution >= 0.6 is 0 Å². The number of esters is 1. The fraction of sp³-hybridized carbons (Fsp3) is 0.156. The lowest BCUT2D eigenvalue weighted by atomic mass is 10.0. The van der Waals surface area contributed by atoms with Crippen LogP contribution in [-0.2, 0) is 35.6 Å². The third kappa shape index (κ3) is 5.91. The summed E-state index contributed by atoms with van der Waals surface area (Å²) in [5.74, 6) is -0.212. The highest BCUT2D eigenvalue weighted by molar-refractivity contribution is 5.84. The smallest absolute Gasteiger partial charge is 0.324 e. The monoisotopic (exact) mass is 474 g/mol. The van der Waals surface area contributed by atoms with E-state index in [4.69, 9.17) is 4.74 Å². The average molecular weight is 475 g/mol. The Morgan fingerprint density at radius 3 is 1.83 bits per heavy atom. The number of carbonyl (C=O) groups is 1. The zero-order valence-corrected chi connectivity index (χ0v) is 20.2. The lowest BCUT2D eigenvalue weighted by molar-refractivity contribution is -0.152. The summed E-state index contributed by atoms with van der Waals surface area (Å²) in [6.45, 7) is 1.54. The molecule has 0 saturated heterocycles. The SMILES string of the molecule is O=C(OCc1ccccc1)[C@H](Cc1c[nH]c2ccccc12)N(Cc1ccccc1)Cc1ccccc1. The molecular weight excluding hydrogens is 444 g/mol. The molecule has 4 nitrogen and oxygen atoms in total. The highest BCUT2D eigenvalue weighted by Crippen LogP contribution is 2.24. The number of nitrogens with zero attached hydrogens (tertiary/aromatic N) is 1. The third-order valence-electron chi connectivity index (χ3n) is 6.48. The van der Waals surface area contributed by atoms with Crippen molar-refractivity contribution in [3.8, 4) is 0 Å². The molecule has 0 aliphatic carbocycles. The Labute approximate surface area is 212 Å². The molecule has 0 radical (unpaired) electrons. The van der Waals surface area contributed by atoms with Gasteiger partial charge in [-0.2, -0.15) is 0 Å². The van der Waals surface area contributed by atoms with Crippen molar-refractivity contribution in [3.05, 3.63) is 144 Å². The van der Waals surface area contributed by atoms with Gasteiger partial charge < -0.3 is 9.72 Å². The fourth-order valence-electron chi connectivity index (χ4n) is 4.61. The number of para-hydroxylation sites is 1. The molecule has 0 amide bonds. The molecule has 0 spiro atoms. The highest BCUT2D eigenvalue weighted by Gasteiger charge is 2.29. The van der Waals surface area contributed by atoms with E-state index >= 15 is 0 Å².